The highest BCUT2D eigenvalue weighted by Gasteiger charge is 2.45. The van der Waals surface area contributed by atoms with Crippen molar-refractivity contribution in [3.63, 3.8) is 0 Å². The van der Waals surface area contributed by atoms with Gasteiger partial charge >= 0.3 is 7.82 Å². The third kappa shape index (κ3) is 12.5. The van der Waals surface area contributed by atoms with E-state index < -0.39 is 63.1 Å². The monoisotopic (exact) mass is 613 g/mol. The predicted molar refractivity (Wildman–Crippen MR) is 145 cm³/mol. The second-order valence-electron chi connectivity index (χ2n) is 10.5. The highest BCUT2D eigenvalue weighted by molar-refractivity contribution is 7.47. The van der Waals surface area contributed by atoms with Crippen LogP contribution < -0.4 is 10.6 Å². The molecule has 6 unspecified atom stereocenters. The van der Waals surface area contributed by atoms with Crippen LogP contribution in [0.2, 0.25) is 0 Å². The molecule has 0 spiro atoms. The second-order valence-corrected chi connectivity index (χ2v) is 12.0. The Morgan fingerprint density at radius 1 is 1.05 bits per heavy atom. The van der Waals surface area contributed by atoms with E-state index in [1.807, 2.05) is 0 Å². The van der Waals surface area contributed by atoms with E-state index in [1.165, 1.54) is 11.8 Å². The average Bonchev–Trinajstić information content (AvgIpc) is 3.32. The summed E-state index contributed by atoms with van der Waals surface area (Å²) in [5.41, 5.74) is 0. The molecule has 2 fully saturated rings. The minimum absolute atomic E-state index is 0.116. The zero-order valence-corrected chi connectivity index (χ0v) is 24.8. The molecule has 41 heavy (non-hydrogen) atoms. The van der Waals surface area contributed by atoms with E-state index in [1.54, 1.807) is 0 Å². The molecule has 0 aromatic rings. The molecule has 7 N–H and O–H groups in total. The minimum Gasteiger partial charge on any atom is -0.394 e. The van der Waals surface area contributed by atoms with Gasteiger partial charge in [0.2, 0.25) is 11.8 Å². The number of rotatable bonds is 19. The molecule has 2 amide bonds. The molecule has 2 heterocycles. The lowest BCUT2D eigenvalue weighted by atomic mass is 9.97. The fourth-order valence-electron chi connectivity index (χ4n) is 4.90. The van der Waals surface area contributed by atoms with Gasteiger partial charge in [0.25, 0.3) is 0 Å². The van der Waals surface area contributed by atoms with Crippen LogP contribution in [0, 0.1) is 0 Å². The van der Waals surface area contributed by atoms with E-state index in [0.717, 1.165) is 52.3 Å². The number of β-amino-alcohol motifs (C(OH)–C–C–N with tert-alkyl or cyclic N) is 1. The highest BCUT2D eigenvalue weighted by Crippen LogP contribution is 2.42. The smallest absolute Gasteiger partial charge is 0.394 e. The number of nitrogens with one attached hydrogen (secondary N) is 2. The number of amides is 2. The number of phosphoric ester groups is 1. The van der Waals surface area contributed by atoms with Crippen LogP contribution in [0.15, 0.2) is 0 Å². The lowest BCUT2D eigenvalue weighted by molar-refractivity contribution is -0.270. The third-order valence-corrected chi connectivity index (χ3v) is 8.09. The third-order valence-electron chi connectivity index (χ3n) is 7.15. The molecule has 240 valence electrons. The number of hydrogen-bond donors (Lipinski definition) is 7. The van der Waals surface area contributed by atoms with Gasteiger partial charge < -0.3 is 50.3 Å². The number of nitrogens with zero attached hydrogens (tertiary/aromatic N) is 1. The van der Waals surface area contributed by atoms with Crippen LogP contribution in [-0.4, -0.2) is 131 Å². The van der Waals surface area contributed by atoms with Crippen LogP contribution in [-0.2, 0) is 32.7 Å². The number of hydrogen-bond acceptors (Lipinski definition) is 12. The fraction of sp³-hybridized carbons (Fsp3) is 0.920. The van der Waals surface area contributed by atoms with E-state index in [4.69, 9.17) is 14.0 Å². The zero-order valence-electron chi connectivity index (χ0n) is 23.9. The standard InChI is InChI=1S/C25H48N3O12P/c1-17(30)27-22-24(34)23(33)20(15-29)40-25(22)38-12-8-4-7-11-26-10-6-3-5-9-21(32)28-14-19(31)13-18(28)16-39-41(35,36)37-2/h18-20,22-26,29,31,33-34H,3-16H2,1-2H3,(H,27,30)(H,35,36)/t18-,19+,20?,22?,23?,24?,25?/m0/s1. The number of phosphoric acid groups is 1. The Bertz CT molecular complexity index is 840. The molecule has 2 rings (SSSR count). The fourth-order valence-corrected chi connectivity index (χ4v) is 5.37. The first-order valence-corrected chi connectivity index (χ1v) is 15.7. The van der Waals surface area contributed by atoms with Gasteiger partial charge in [-0.1, -0.05) is 6.42 Å². The maximum absolute atomic E-state index is 12.6. The van der Waals surface area contributed by atoms with Gasteiger partial charge in [0, 0.05) is 33.6 Å². The number of unbranched alkanes of at least 4 members (excludes halogenated alkanes) is 4. The Morgan fingerprint density at radius 2 is 1.73 bits per heavy atom. The van der Waals surface area contributed by atoms with E-state index in [9.17, 15) is 39.5 Å². The van der Waals surface area contributed by atoms with Crippen molar-refractivity contribution < 1.29 is 58.0 Å². The van der Waals surface area contributed by atoms with E-state index in [2.05, 4.69) is 15.2 Å². The predicted octanol–water partition coefficient (Wildman–Crippen LogP) is -1.01. The minimum atomic E-state index is -4.14. The largest absolute Gasteiger partial charge is 0.471 e. The number of carbonyl (C=O) groups excluding carboxylic acids is 2. The van der Waals surface area contributed by atoms with Crippen LogP contribution in [0.5, 0.6) is 0 Å². The molecule has 8 atom stereocenters. The van der Waals surface area contributed by atoms with Crippen molar-refractivity contribution in [3.8, 4) is 0 Å². The summed E-state index contributed by atoms with van der Waals surface area (Å²) in [5, 5.41) is 45.5. The lowest BCUT2D eigenvalue weighted by Crippen LogP contribution is -2.64. The van der Waals surface area contributed by atoms with Gasteiger partial charge in [-0.05, 0) is 51.6 Å². The maximum Gasteiger partial charge on any atom is 0.471 e. The molecule has 16 heteroatoms. The summed E-state index contributed by atoms with van der Waals surface area (Å²) in [7, 11) is -3.08. The Morgan fingerprint density at radius 3 is 2.37 bits per heavy atom. The lowest BCUT2D eigenvalue weighted by Gasteiger charge is -2.42. The van der Waals surface area contributed by atoms with Crippen molar-refractivity contribution in [2.75, 3.05) is 46.6 Å². The van der Waals surface area contributed by atoms with E-state index in [-0.39, 0.29) is 25.5 Å². The van der Waals surface area contributed by atoms with Gasteiger partial charge in [-0.15, -0.1) is 0 Å². The quantitative estimate of drug-likeness (QED) is 0.0688. The Hall–Kier alpha value is -1.23. The van der Waals surface area contributed by atoms with Gasteiger partial charge in [-0.2, -0.15) is 0 Å². The first-order valence-electron chi connectivity index (χ1n) is 14.2. The van der Waals surface area contributed by atoms with Crippen molar-refractivity contribution in [3.05, 3.63) is 0 Å². The van der Waals surface area contributed by atoms with Gasteiger partial charge in [-0.25, -0.2) is 4.57 Å². The van der Waals surface area contributed by atoms with Crippen molar-refractivity contribution in [1.82, 2.24) is 15.5 Å². The summed E-state index contributed by atoms with van der Waals surface area (Å²) in [6.07, 6.45) is 0.218. The van der Waals surface area contributed by atoms with Crippen molar-refractivity contribution >= 4 is 19.6 Å². The van der Waals surface area contributed by atoms with Gasteiger partial charge in [-0.3, -0.25) is 18.6 Å². The summed E-state index contributed by atoms with van der Waals surface area (Å²) in [5.74, 6) is -0.514. The molecular weight excluding hydrogens is 565 g/mol. The van der Waals surface area contributed by atoms with Crippen molar-refractivity contribution in [1.29, 1.82) is 0 Å². The van der Waals surface area contributed by atoms with Crippen LogP contribution in [0.3, 0.4) is 0 Å². The number of ether oxygens (including phenoxy) is 2. The summed E-state index contributed by atoms with van der Waals surface area (Å²) >= 11 is 0. The summed E-state index contributed by atoms with van der Waals surface area (Å²) in [6, 6.07) is -1.41. The Kier molecular flexibility index (Phi) is 16.2. The van der Waals surface area contributed by atoms with Crippen LogP contribution in [0.4, 0.5) is 0 Å². The normalized spacial score (nSPS) is 29.8. The highest BCUT2D eigenvalue weighted by atomic mass is 31.2. The second kappa shape index (κ2) is 18.4. The SMILES string of the molecule is COP(=O)(O)OC[C@@H]1C[C@@H](O)CN1C(=O)CCCCCNCCCCCOC1OC(CO)C(O)C(O)C1NC(C)=O. The summed E-state index contributed by atoms with van der Waals surface area (Å²) < 4.78 is 32.0. The molecule has 0 radical (unpaired) electrons. The number of aliphatic hydroxyl groups is 4. The van der Waals surface area contributed by atoms with Crippen LogP contribution in [0.1, 0.15) is 58.3 Å². The molecular formula is C25H48N3O12P. The van der Waals surface area contributed by atoms with E-state index >= 15 is 0 Å². The topological polar surface area (TPSA) is 217 Å². The molecule has 2 aliphatic rings. The zero-order chi connectivity index (χ0) is 30.4. The number of likely N-dealkylation sites (tertiary alicyclic amines) is 1. The van der Waals surface area contributed by atoms with Crippen molar-refractivity contribution in [2.45, 2.75) is 101 Å². The average molecular weight is 614 g/mol. The van der Waals surface area contributed by atoms with Gasteiger partial charge in [0.05, 0.1) is 25.4 Å². The Labute approximate surface area is 241 Å². The molecule has 0 saturated carbocycles. The van der Waals surface area contributed by atoms with E-state index in [0.29, 0.717) is 19.4 Å². The molecule has 0 aliphatic carbocycles. The number of carbonyl (C=O) groups is 2. The summed E-state index contributed by atoms with van der Waals surface area (Å²) in [6.45, 7) is 2.75. The van der Waals surface area contributed by atoms with Crippen LogP contribution in [0.25, 0.3) is 0 Å². The molecule has 15 nitrogen and oxygen atoms in total. The maximum atomic E-state index is 12.6. The van der Waals surface area contributed by atoms with Gasteiger partial charge in [0.15, 0.2) is 6.29 Å². The first kappa shape index (κ1) is 36.0. The molecule has 0 bridgehead atoms. The molecule has 2 aliphatic heterocycles. The van der Waals surface area contributed by atoms with Crippen LogP contribution >= 0.6 is 7.82 Å². The number of aliphatic hydroxyl groups excluding tert-OH is 4. The van der Waals surface area contributed by atoms with Crippen molar-refractivity contribution in [2.24, 2.45) is 0 Å². The molecule has 2 saturated heterocycles. The first-order chi connectivity index (χ1) is 19.5. The summed E-state index contributed by atoms with van der Waals surface area (Å²) in [4.78, 5) is 35.0. The molecule has 0 aromatic heterocycles. The van der Waals surface area contributed by atoms with Gasteiger partial charge in [0.1, 0.15) is 24.4 Å². The Balaban J connectivity index is 1.52. The molecule has 0 aromatic carbocycles.